The number of nitrogens with zero attached hydrogens (tertiary/aromatic N) is 1. The fourth-order valence-corrected chi connectivity index (χ4v) is 3.72. The van der Waals surface area contributed by atoms with Gasteiger partial charge in [0.2, 0.25) is 0 Å². The van der Waals surface area contributed by atoms with Gasteiger partial charge in [-0.2, -0.15) is 0 Å². The van der Waals surface area contributed by atoms with Crippen molar-refractivity contribution in [2.75, 3.05) is 13.2 Å². The van der Waals surface area contributed by atoms with Crippen molar-refractivity contribution < 1.29 is 9.47 Å². The van der Waals surface area contributed by atoms with Gasteiger partial charge in [-0.25, -0.2) is 0 Å². The zero-order valence-electron chi connectivity index (χ0n) is 13.8. The standard InChI is InChI=1S/C17H27ClN2O2/c1-4-21-14(22-5-2)11-20-10-12(3)15(17(18)19)16(20)13-8-6-7-9-13/h10,13-14,19H,4-9,11H2,1-3H3. The van der Waals surface area contributed by atoms with Crippen molar-refractivity contribution >= 4 is 16.8 Å². The highest BCUT2D eigenvalue weighted by Gasteiger charge is 2.27. The molecule has 1 aliphatic rings. The lowest BCUT2D eigenvalue weighted by Gasteiger charge is -2.22. The van der Waals surface area contributed by atoms with Gasteiger partial charge >= 0.3 is 0 Å². The zero-order valence-corrected chi connectivity index (χ0v) is 14.6. The Balaban J connectivity index is 2.32. The van der Waals surface area contributed by atoms with E-state index < -0.39 is 0 Å². The largest absolute Gasteiger partial charge is 0.351 e. The molecular formula is C17H27ClN2O2. The Hall–Kier alpha value is -0.840. The summed E-state index contributed by atoms with van der Waals surface area (Å²) in [4.78, 5) is 0. The molecule has 1 aliphatic carbocycles. The Morgan fingerprint density at radius 3 is 2.41 bits per heavy atom. The quantitative estimate of drug-likeness (QED) is 0.568. The summed E-state index contributed by atoms with van der Waals surface area (Å²) in [5, 5.41) is 8.07. The minimum Gasteiger partial charge on any atom is -0.351 e. The molecule has 0 spiro atoms. The number of halogens is 1. The fourth-order valence-electron chi connectivity index (χ4n) is 3.47. The van der Waals surface area contributed by atoms with E-state index in [1.165, 1.54) is 31.4 Å². The maximum absolute atomic E-state index is 7.93. The summed E-state index contributed by atoms with van der Waals surface area (Å²) in [6.07, 6.45) is 6.70. The first-order valence-corrected chi connectivity index (χ1v) is 8.63. The monoisotopic (exact) mass is 326 g/mol. The summed E-state index contributed by atoms with van der Waals surface area (Å²) in [7, 11) is 0. The average molecular weight is 327 g/mol. The molecule has 0 unspecified atom stereocenters. The van der Waals surface area contributed by atoms with Crippen LogP contribution in [-0.4, -0.2) is 29.2 Å². The van der Waals surface area contributed by atoms with Gasteiger partial charge in [-0.3, -0.25) is 5.41 Å². The molecule has 1 heterocycles. The summed E-state index contributed by atoms with van der Waals surface area (Å²) in [5.41, 5.74) is 3.16. The van der Waals surface area contributed by atoms with Crippen LogP contribution >= 0.6 is 11.6 Å². The number of ether oxygens (including phenoxy) is 2. The number of nitrogens with one attached hydrogen (secondary N) is 1. The van der Waals surface area contributed by atoms with E-state index in [1.807, 2.05) is 20.8 Å². The van der Waals surface area contributed by atoms with Crippen molar-refractivity contribution in [1.82, 2.24) is 4.57 Å². The minimum atomic E-state index is -0.251. The molecule has 0 amide bonds. The highest BCUT2D eigenvalue weighted by atomic mass is 35.5. The third kappa shape index (κ3) is 3.92. The van der Waals surface area contributed by atoms with Gasteiger partial charge in [0.25, 0.3) is 0 Å². The highest BCUT2D eigenvalue weighted by molar-refractivity contribution is 6.69. The van der Waals surface area contributed by atoms with Crippen LogP contribution in [0.5, 0.6) is 0 Å². The fraction of sp³-hybridized carbons (Fsp3) is 0.706. The van der Waals surface area contributed by atoms with Crippen molar-refractivity contribution in [3.05, 3.63) is 23.0 Å². The Morgan fingerprint density at radius 1 is 1.32 bits per heavy atom. The van der Waals surface area contributed by atoms with Gasteiger partial charge in [-0.1, -0.05) is 24.4 Å². The predicted octanol–water partition coefficient (Wildman–Crippen LogP) is 4.42. The molecule has 0 saturated heterocycles. The summed E-state index contributed by atoms with van der Waals surface area (Å²) in [6, 6.07) is 0. The van der Waals surface area contributed by atoms with Gasteiger partial charge in [-0.15, -0.1) is 0 Å². The second kappa shape index (κ2) is 8.14. The molecule has 0 radical (unpaired) electrons. The van der Waals surface area contributed by atoms with Crippen molar-refractivity contribution in [2.24, 2.45) is 0 Å². The molecule has 1 N–H and O–H groups in total. The van der Waals surface area contributed by atoms with Gasteiger partial charge in [0.1, 0.15) is 5.17 Å². The Morgan fingerprint density at radius 2 is 1.91 bits per heavy atom. The maximum Gasteiger partial charge on any atom is 0.175 e. The third-order valence-corrected chi connectivity index (χ3v) is 4.51. The topological polar surface area (TPSA) is 47.2 Å². The number of aryl methyl sites for hydroxylation is 1. The van der Waals surface area contributed by atoms with E-state index in [4.69, 9.17) is 26.5 Å². The number of rotatable bonds is 8. The van der Waals surface area contributed by atoms with Crippen LogP contribution < -0.4 is 0 Å². The van der Waals surface area contributed by atoms with E-state index in [-0.39, 0.29) is 11.5 Å². The van der Waals surface area contributed by atoms with Gasteiger partial charge in [0.05, 0.1) is 6.54 Å². The zero-order chi connectivity index (χ0) is 16.1. The van der Waals surface area contributed by atoms with Crippen molar-refractivity contribution in [1.29, 1.82) is 5.41 Å². The molecule has 1 aromatic heterocycles. The van der Waals surface area contributed by atoms with E-state index in [9.17, 15) is 0 Å². The van der Waals surface area contributed by atoms with E-state index in [1.54, 1.807) is 0 Å². The smallest absolute Gasteiger partial charge is 0.175 e. The number of aromatic nitrogens is 1. The first kappa shape index (κ1) is 17.5. The lowest BCUT2D eigenvalue weighted by Crippen LogP contribution is -2.25. The van der Waals surface area contributed by atoms with Crippen LogP contribution in [0.4, 0.5) is 0 Å². The third-order valence-electron chi connectivity index (χ3n) is 4.32. The molecule has 1 fully saturated rings. The van der Waals surface area contributed by atoms with E-state index in [2.05, 4.69) is 10.8 Å². The molecule has 4 nitrogen and oxygen atoms in total. The molecule has 0 aliphatic heterocycles. The van der Waals surface area contributed by atoms with E-state index >= 15 is 0 Å². The van der Waals surface area contributed by atoms with Crippen LogP contribution in [0, 0.1) is 12.3 Å². The summed E-state index contributed by atoms with van der Waals surface area (Å²) in [6.45, 7) is 7.88. The van der Waals surface area contributed by atoms with Crippen LogP contribution in [0.2, 0.25) is 0 Å². The Kier molecular flexibility index (Phi) is 6.48. The van der Waals surface area contributed by atoms with Crippen molar-refractivity contribution in [3.8, 4) is 0 Å². The van der Waals surface area contributed by atoms with Crippen molar-refractivity contribution in [3.63, 3.8) is 0 Å². The van der Waals surface area contributed by atoms with Crippen molar-refractivity contribution in [2.45, 2.75) is 65.2 Å². The van der Waals surface area contributed by atoms with Crippen LogP contribution in [0.3, 0.4) is 0 Å². The SMILES string of the molecule is CCOC(Cn1cc(C)c(C(=N)Cl)c1C1CCCC1)OCC. The second-order valence-electron chi connectivity index (χ2n) is 5.86. The molecule has 2 rings (SSSR count). The Bertz CT molecular complexity index is 501. The van der Waals surface area contributed by atoms with Gasteiger partial charge in [0.15, 0.2) is 6.29 Å². The number of hydrogen-bond donors (Lipinski definition) is 1. The highest BCUT2D eigenvalue weighted by Crippen LogP contribution is 2.38. The lowest BCUT2D eigenvalue weighted by molar-refractivity contribution is -0.143. The molecular weight excluding hydrogens is 300 g/mol. The second-order valence-corrected chi connectivity index (χ2v) is 6.24. The molecule has 1 saturated carbocycles. The summed E-state index contributed by atoms with van der Waals surface area (Å²) < 4.78 is 13.6. The molecule has 0 aromatic carbocycles. The van der Waals surface area contributed by atoms with Crippen LogP contribution in [0.1, 0.15) is 62.3 Å². The first-order chi connectivity index (χ1) is 10.6. The molecule has 22 heavy (non-hydrogen) atoms. The molecule has 5 heteroatoms. The Labute approximate surface area is 138 Å². The van der Waals surface area contributed by atoms with Crippen LogP contribution in [-0.2, 0) is 16.0 Å². The van der Waals surface area contributed by atoms with E-state index in [0.717, 1.165) is 11.1 Å². The summed E-state index contributed by atoms with van der Waals surface area (Å²) in [5.74, 6) is 0.492. The maximum atomic E-state index is 7.93. The van der Waals surface area contributed by atoms with Gasteiger partial charge < -0.3 is 14.0 Å². The van der Waals surface area contributed by atoms with Crippen LogP contribution in [0.15, 0.2) is 6.20 Å². The number of hydrogen-bond acceptors (Lipinski definition) is 3. The average Bonchev–Trinajstić information content (AvgIpc) is 3.06. The molecule has 1 aromatic rings. The summed E-state index contributed by atoms with van der Waals surface area (Å²) >= 11 is 6.07. The van der Waals surface area contributed by atoms with Crippen LogP contribution in [0.25, 0.3) is 0 Å². The first-order valence-electron chi connectivity index (χ1n) is 8.25. The van der Waals surface area contributed by atoms with Gasteiger partial charge in [0, 0.05) is 30.7 Å². The molecule has 124 valence electrons. The van der Waals surface area contributed by atoms with Gasteiger partial charge in [-0.05, 0) is 45.1 Å². The molecule has 0 bridgehead atoms. The lowest BCUT2D eigenvalue weighted by atomic mass is 9.99. The predicted molar refractivity (Wildman–Crippen MR) is 90.1 cm³/mol. The molecule has 0 atom stereocenters. The van der Waals surface area contributed by atoms with E-state index in [0.29, 0.717) is 25.7 Å². The normalized spacial score (nSPS) is 15.9. The minimum absolute atomic E-state index is 0.141.